The van der Waals surface area contributed by atoms with E-state index in [4.69, 9.17) is 4.74 Å². The Labute approximate surface area is 224 Å². The SMILES string of the molecule is CCOC(=O)C1=C(C)N(Cc2cccc(C(=O)NCCc3ccccc3)c2)C(=O)C[C@@H]1c1ccccc1C. The molecule has 0 saturated carbocycles. The third kappa shape index (κ3) is 6.20. The molecule has 1 N–H and O–H groups in total. The number of allylic oxidation sites excluding steroid dienone is 1. The van der Waals surface area contributed by atoms with Gasteiger partial charge in [-0.15, -0.1) is 0 Å². The third-order valence-electron chi connectivity index (χ3n) is 6.95. The maximum atomic E-state index is 13.4. The predicted octanol–water partition coefficient (Wildman–Crippen LogP) is 5.32. The first-order valence-electron chi connectivity index (χ1n) is 13.0. The molecule has 0 unspecified atom stereocenters. The van der Waals surface area contributed by atoms with E-state index < -0.39 is 5.97 Å². The molecule has 0 spiro atoms. The molecule has 0 aromatic heterocycles. The number of ether oxygens (including phenoxy) is 1. The minimum Gasteiger partial charge on any atom is -0.463 e. The maximum Gasteiger partial charge on any atom is 0.336 e. The smallest absolute Gasteiger partial charge is 0.336 e. The molecule has 2 amide bonds. The van der Waals surface area contributed by atoms with Crippen LogP contribution in [-0.2, 0) is 27.3 Å². The van der Waals surface area contributed by atoms with Crippen molar-refractivity contribution in [3.63, 3.8) is 0 Å². The van der Waals surface area contributed by atoms with Gasteiger partial charge in [0.1, 0.15) is 0 Å². The van der Waals surface area contributed by atoms with Crippen molar-refractivity contribution in [1.29, 1.82) is 0 Å². The van der Waals surface area contributed by atoms with Crippen molar-refractivity contribution in [2.45, 2.75) is 46.1 Å². The molecule has 6 nitrogen and oxygen atoms in total. The van der Waals surface area contributed by atoms with Gasteiger partial charge in [-0.05, 0) is 61.6 Å². The van der Waals surface area contributed by atoms with Crippen molar-refractivity contribution in [1.82, 2.24) is 10.2 Å². The van der Waals surface area contributed by atoms with Crippen LogP contribution in [0.15, 0.2) is 90.1 Å². The quantitative estimate of drug-likeness (QED) is 0.395. The lowest BCUT2D eigenvalue weighted by molar-refractivity contribution is -0.140. The van der Waals surface area contributed by atoms with E-state index in [2.05, 4.69) is 5.32 Å². The van der Waals surface area contributed by atoms with Crippen LogP contribution in [0.2, 0.25) is 0 Å². The fourth-order valence-electron chi connectivity index (χ4n) is 4.98. The molecule has 0 bridgehead atoms. The van der Waals surface area contributed by atoms with Gasteiger partial charge in [-0.25, -0.2) is 4.79 Å². The van der Waals surface area contributed by atoms with Crippen LogP contribution in [0.1, 0.15) is 58.8 Å². The topological polar surface area (TPSA) is 75.7 Å². The second-order valence-corrected chi connectivity index (χ2v) is 9.50. The zero-order valence-electron chi connectivity index (χ0n) is 22.2. The average molecular weight is 511 g/mol. The van der Waals surface area contributed by atoms with Crippen molar-refractivity contribution in [3.8, 4) is 0 Å². The van der Waals surface area contributed by atoms with Crippen LogP contribution in [0.5, 0.6) is 0 Å². The second-order valence-electron chi connectivity index (χ2n) is 9.50. The van der Waals surface area contributed by atoms with Crippen molar-refractivity contribution < 1.29 is 19.1 Å². The Morgan fingerprint density at radius 3 is 2.39 bits per heavy atom. The van der Waals surface area contributed by atoms with E-state index in [1.807, 2.05) is 73.7 Å². The first-order valence-corrected chi connectivity index (χ1v) is 13.0. The summed E-state index contributed by atoms with van der Waals surface area (Å²) in [7, 11) is 0. The van der Waals surface area contributed by atoms with Crippen molar-refractivity contribution in [3.05, 3.63) is 118 Å². The number of hydrogen-bond acceptors (Lipinski definition) is 4. The number of rotatable bonds is 9. The molecule has 1 atom stereocenters. The molecule has 3 aromatic carbocycles. The van der Waals surface area contributed by atoms with Gasteiger partial charge in [0.05, 0.1) is 18.7 Å². The number of esters is 1. The molecule has 0 aliphatic carbocycles. The number of hydrogen-bond donors (Lipinski definition) is 1. The zero-order valence-corrected chi connectivity index (χ0v) is 22.2. The Bertz CT molecular complexity index is 1350. The molecular weight excluding hydrogens is 476 g/mol. The van der Waals surface area contributed by atoms with Crippen molar-refractivity contribution in [2.24, 2.45) is 0 Å². The standard InChI is InChI=1S/C32H34N2O4/c1-4-38-32(37)30-23(3)34(29(35)20-28(30)27-16-9-8-11-22(27)2)21-25-14-10-15-26(19-25)31(36)33-18-17-24-12-6-5-7-13-24/h5-16,19,28H,4,17-18,20-21H2,1-3H3,(H,33,36)/t28-/m1/s1. The van der Waals surface area contributed by atoms with E-state index >= 15 is 0 Å². The minimum atomic E-state index is -0.401. The summed E-state index contributed by atoms with van der Waals surface area (Å²) in [5.41, 5.74) is 5.59. The molecule has 4 rings (SSSR count). The van der Waals surface area contributed by atoms with E-state index in [9.17, 15) is 14.4 Å². The largest absolute Gasteiger partial charge is 0.463 e. The van der Waals surface area contributed by atoms with Gasteiger partial charge in [0.25, 0.3) is 5.91 Å². The normalized spacial score (nSPS) is 15.4. The second kappa shape index (κ2) is 12.4. The molecule has 0 saturated heterocycles. The minimum absolute atomic E-state index is 0.0680. The Morgan fingerprint density at radius 1 is 0.947 bits per heavy atom. The van der Waals surface area contributed by atoms with Gasteiger partial charge < -0.3 is 15.0 Å². The third-order valence-corrected chi connectivity index (χ3v) is 6.95. The van der Waals surface area contributed by atoms with Crippen molar-refractivity contribution >= 4 is 17.8 Å². The van der Waals surface area contributed by atoms with Crippen molar-refractivity contribution in [2.75, 3.05) is 13.2 Å². The molecule has 0 fully saturated rings. The highest BCUT2D eigenvalue weighted by Crippen LogP contribution is 2.38. The summed E-state index contributed by atoms with van der Waals surface area (Å²) in [5, 5.41) is 2.97. The number of nitrogens with one attached hydrogen (secondary N) is 1. The zero-order chi connectivity index (χ0) is 27.1. The van der Waals surface area contributed by atoms with Crippen LogP contribution in [0, 0.1) is 6.92 Å². The van der Waals surface area contributed by atoms with E-state index in [0.717, 1.165) is 28.7 Å². The van der Waals surface area contributed by atoms with Crippen LogP contribution < -0.4 is 5.32 Å². The molecule has 1 heterocycles. The summed E-state index contributed by atoms with van der Waals surface area (Å²) >= 11 is 0. The lowest BCUT2D eigenvalue weighted by Crippen LogP contribution is -2.38. The summed E-state index contributed by atoms with van der Waals surface area (Å²) in [5.74, 6) is -0.989. The number of amides is 2. The van der Waals surface area contributed by atoms with Crippen LogP contribution in [0.25, 0.3) is 0 Å². The molecule has 1 aliphatic rings. The molecule has 0 radical (unpaired) electrons. The summed E-state index contributed by atoms with van der Waals surface area (Å²) in [6.07, 6.45) is 0.924. The number of aryl methyl sites for hydroxylation is 1. The van der Waals surface area contributed by atoms with E-state index in [1.54, 1.807) is 30.9 Å². The predicted molar refractivity (Wildman–Crippen MR) is 147 cm³/mol. The molecule has 1 aliphatic heterocycles. The number of nitrogens with zero attached hydrogens (tertiary/aromatic N) is 1. The monoisotopic (exact) mass is 510 g/mol. The Balaban J connectivity index is 1.54. The van der Waals surface area contributed by atoms with Crippen LogP contribution >= 0.6 is 0 Å². The Hall–Kier alpha value is -4.19. The highest BCUT2D eigenvalue weighted by atomic mass is 16.5. The summed E-state index contributed by atoms with van der Waals surface area (Å²) in [4.78, 5) is 40.9. The van der Waals surface area contributed by atoms with E-state index in [1.165, 1.54) is 0 Å². The van der Waals surface area contributed by atoms with E-state index in [-0.39, 0.29) is 37.3 Å². The van der Waals surface area contributed by atoms with Gasteiger partial charge in [-0.2, -0.15) is 0 Å². The molecule has 196 valence electrons. The molecule has 38 heavy (non-hydrogen) atoms. The first-order chi connectivity index (χ1) is 18.4. The number of carbonyl (C=O) groups excluding carboxylic acids is 3. The van der Waals surface area contributed by atoms with Gasteiger partial charge in [0, 0.05) is 30.1 Å². The lowest BCUT2D eigenvalue weighted by Gasteiger charge is -2.35. The number of carbonyl (C=O) groups is 3. The van der Waals surface area contributed by atoms with Crippen LogP contribution in [0.3, 0.4) is 0 Å². The van der Waals surface area contributed by atoms with Gasteiger partial charge in [-0.3, -0.25) is 9.59 Å². The highest BCUT2D eigenvalue weighted by molar-refractivity contribution is 5.96. The van der Waals surface area contributed by atoms with Gasteiger partial charge in [-0.1, -0.05) is 66.7 Å². The number of benzene rings is 3. The highest BCUT2D eigenvalue weighted by Gasteiger charge is 2.37. The molecular formula is C32H34N2O4. The Kier molecular flexibility index (Phi) is 8.74. The van der Waals surface area contributed by atoms with Crippen LogP contribution in [0.4, 0.5) is 0 Å². The summed E-state index contributed by atoms with van der Waals surface area (Å²) in [6, 6.07) is 25.1. The fraction of sp³-hybridized carbons (Fsp3) is 0.281. The van der Waals surface area contributed by atoms with Gasteiger partial charge in [0.15, 0.2) is 0 Å². The first kappa shape index (κ1) is 26.9. The van der Waals surface area contributed by atoms with Gasteiger partial charge >= 0.3 is 5.97 Å². The summed E-state index contributed by atoms with van der Waals surface area (Å²) < 4.78 is 5.41. The lowest BCUT2D eigenvalue weighted by atomic mass is 9.81. The fourth-order valence-corrected chi connectivity index (χ4v) is 4.98. The Morgan fingerprint density at radius 2 is 1.66 bits per heavy atom. The average Bonchev–Trinajstić information content (AvgIpc) is 2.92. The van der Waals surface area contributed by atoms with Crippen LogP contribution in [-0.4, -0.2) is 35.8 Å². The molecule has 6 heteroatoms. The summed E-state index contributed by atoms with van der Waals surface area (Å²) in [6.45, 7) is 6.61. The molecule has 3 aromatic rings. The van der Waals surface area contributed by atoms with E-state index in [0.29, 0.717) is 23.4 Å². The van der Waals surface area contributed by atoms with Gasteiger partial charge in [0.2, 0.25) is 5.91 Å². The maximum absolute atomic E-state index is 13.4.